The normalized spacial score (nSPS) is 24.5. The summed E-state index contributed by atoms with van der Waals surface area (Å²) in [6.07, 6.45) is 1.11. The lowest BCUT2D eigenvalue weighted by molar-refractivity contribution is -0.140. The monoisotopic (exact) mass is 209 g/mol. The van der Waals surface area contributed by atoms with E-state index in [-0.39, 0.29) is 30.4 Å². The van der Waals surface area contributed by atoms with Crippen LogP contribution in [-0.4, -0.2) is 35.3 Å². The zero-order valence-electron chi connectivity index (χ0n) is 8.99. The van der Waals surface area contributed by atoms with Crippen LogP contribution in [0.2, 0.25) is 0 Å². The maximum atomic E-state index is 11.4. The van der Waals surface area contributed by atoms with Crippen LogP contribution in [0.25, 0.3) is 0 Å². The molecule has 15 heavy (non-hydrogen) atoms. The van der Waals surface area contributed by atoms with Crippen molar-refractivity contribution in [3.8, 4) is 6.07 Å². The Morgan fingerprint density at radius 3 is 2.87 bits per heavy atom. The molecular weight excluding hydrogens is 194 g/mol. The molecule has 82 valence electrons. The summed E-state index contributed by atoms with van der Waals surface area (Å²) in [7, 11) is 0. The summed E-state index contributed by atoms with van der Waals surface area (Å²) in [6.45, 7) is 3.90. The number of hydrogen-bond acceptors (Lipinski definition) is 4. The van der Waals surface area contributed by atoms with E-state index < -0.39 is 0 Å². The highest BCUT2D eigenvalue weighted by Crippen LogP contribution is 2.14. The molecule has 0 aliphatic carbocycles. The van der Waals surface area contributed by atoms with E-state index in [1.54, 1.807) is 11.8 Å². The van der Waals surface area contributed by atoms with Gasteiger partial charge in [0, 0.05) is 6.04 Å². The van der Waals surface area contributed by atoms with Crippen molar-refractivity contribution in [2.45, 2.75) is 38.8 Å². The lowest BCUT2D eigenvalue weighted by Gasteiger charge is -2.36. The lowest BCUT2D eigenvalue weighted by Crippen LogP contribution is -2.59. The van der Waals surface area contributed by atoms with E-state index in [2.05, 4.69) is 11.4 Å². The minimum absolute atomic E-state index is 0.0139. The van der Waals surface area contributed by atoms with E-state index in [1.807, 2.05) is 6.92 Å². The number of carbonyl (C=O) groups excluding carboxylic acids is 2. The molecule has 2 unspecified atom stereocenters. The Bertz CT molecular complexity index is 308. The topological polar surface area (TPSA) is 73.2 Å². The van der Waals surface area contributed by atoms with Gasteiger partial charge in [0.15, 0.2) is 0 Å². The molecule has 0 aromatic rings. The number of imide groups is 1. The van der Waals surface area contributed by atoms with Crippen LogP contribution in [0.5, 0.6) is 0 Å². The van der Waals surface area contributed by atoms with Gasteiger partial charge in [-0.1, -0.05) is 6.92 Å². The van der Waals surface area contributed by atoms with Crippen molar-refractivity contribution in [3.63, 3.8) is 0 Å². The van der Waals surface area contributed by atoms with E-state index in [0.29, 0.717) is 6.42 Å². The van der Waals surface area contributed by atoms with Crippen molar-refractivity contribution in [1.82, 2.24) is 10.2 Å². The van der Waals surface area contributed by atoms with Gasteiger partial charge in [0.05, 0.1) is 25.1 Å². The zero-order chi connectivity index (χ0) is 11.4. The Morgan fingerprint density at radius 1 is 1.67 bits per heavy atom. The van der Waals surface area contributed by atoms with E-state index >= 15 is 0 Å². The number of nitriles is 1. The second-order valence-electron chi connectivity index (χ2n) is 3.69. The summed E-state index contributed by atoms with van der Waals surface area (Å²) in [5, 5.41) is 10.9. The highest BCUT2D eigenvalue weighted by molar-refractivity contribution is 6.00. The summed E-state index contributed by atoms with van der Waals surface area (Å²) >= 11 is 0. The van der Waals surface area contributed by atoms with Gasteiger partial charge in [-0.15, -0.1) is 0 Å². The largest absolute Gasteiger partial charge is 0.294 e. The maximum absolute atomic E-state index is 11.4. The molecule has 0 bridgehead atoms. The van der Waals surface area contributed by atoms with E-state index in [0.717, 1.165) is 6.42 Å². The Morgan fingerprint density at radius 2 is 2.33 bits per heavy atom. The molecule has 1 saturated heterocycles. The van der Waals surface area contributed by atoms with Gasteiger partial charge in [0.1, 0.15) is 0 Å². The molecule has 0 aromatic carbocycles. The molecule has 1 aliphatic heterocycles. The molecule has 0 spiro atoms. The molecule has 0 saturated carbocycles. The SMILES string of the molecule is CCC(CC#N)N1CC(=O)NC(=O)C1C. The van der Waals surface area contributed by atoms with Crippen molar-refractivity contribution >= 4 is 11.8 Å². The first-order valence-corrected chi connectivity index (χ1v) is 5.06. The fourth-order valence-electron chi connectivity index (χ4n) is 1.78. The summed E-state index contributed by atoms with van der Waals surface area (Å²) in [6, 6.07) is 1.74. The predicted octanol–water partition coefficient (Wildman–Crippen LogP) is 0.0256. The first-order valence-electron chi connectivity index (χ1n) is 5.06. The number of piperazine rings is 1. The Balaban J connectivity index is 2.77. The quantitative estimate of drug-likeness (QED) is 0.665. The minimum atomic E-state index is -0.332. The standard InChI is InChI=1S/C10H15N3O2/c1-3-8(4-5-11)13-6-9(14)12-10(15)7(13)2/h7-8H,3-4,6H2,1-2H3,(H,12,14,15). The number of nitrogens with zero attached hydrogens (tertiary/aromatic N) is 2. The molecule has 1 N–H and O–H groups in total. The number of rotatable bonds is 3. The molecule has 2 atom stereocenters. The fraction of sp³-hybridized carbons (Fsp3) is 0.700. The van der Waals surface area contributed by atoms with Gasteiger partial charge >= 0.3 is 0 Å². The highest BCUT2D eigenvalue weighted by atomic mass is 16.2. The summed E-state index contributed by atoms with van der Waals surface area (Å²) < 4.78 is 0. The molecule has 5 heteroatoms. The summed E-state index contributed by atoms with van der Waals surface area (Å²) in [5.74, 6) is -0.558. The summed E-state index contributed by atoms with van der Waals surface area (Å²) in [4.78, 5) is 24.4. The first kappa shape index (κ1) is 11.7. The average molecular weight is 209 g/mol. The molecular formula is C10H15N3O2. The van der Waals surface area contributed by atoms with Crippen molar-refractivity contribution in [1.29, 1.82) is 5.26 Å². The Kier molecular flexibility index (Phi) is 3.81. The molecule has 2 amide bonds. The fourth-order valence-corrected chi connectivity index (χ4v) is 1.78. The number of carbonyl (C=O) groups is 2. The molecule has 1 heterocycles. The van der Waals surface area contributed by atoms with Crippen LogP contribution in [0, 0.1) is 11.3 Å². The predicted molar refractivity (Wildman–Crippen MR) is 53.6 cm³/mol. The Hall–Kier alpha value is -1.41. The highest BCUT2D eigenvalue weighted by Gasteiger charge is 2.33. The molecule has 1 aliphatic rings. The van der Waals surface area contributed by atoms with Crippen molar-refractivity contribution in [3.05, 3.63) is 0 Å². The third-order valence-electron chi connectivity index (χ3n) is 2.73. The van der Waals surface area contributed by atoms with Gasteiger partial charge in [-0.2, -0.15) is 5.26 Å². The van der Waals surface area contributed by atoms with E-state index in [1.165, 1.54) is 0 Å². The van der Waals surface area contributed by atoms with Crippen LogP contribution in [0.3, 0.4) is 0 Å². The molecule has 1 fully saturated rings. The molecule has 1 rings (SSSR count). The van der Waals surface area contributed by atoms with E-state index in [4.69, 9.17) is 5.26 Å². The smallest absolute Gasteiger partial charge is 0.243 e. The lowest BCUT2D eigenvalue weighted by atomic mass is 10.1. The zero-order valence-corrected chi connectivity index (χ0v) is 8.99. The Labute approximate surface area is 89.0 Å². The van der Waals surface area contributed by atoms with Gasteiger partial charge < -0.3 is 0 Å². The molecule has 0 radical (unpaired) electrons. The van der Waals surface area contributed by atoms with Crippen molar-refractivity contribution in [2.24, 2.45) is 0 Å². The minimum Gasteiger partial charge on any atom is -0.294 e. The second kappa shape index (κ2) is 4.89. The maximum Gasteiger partial charge on any atom is 0.243 e. The van der Waals surface area contributed by atoms with Gasteiger partial charge in [0.2, 0.25) is 11.8 Å². The van der Waals surface area contributed by atoms with Crippen LogP contribution in [0.4, 0.5) is 0 Å². The average Bonchev–Trinajstić information content (AvgIpc) is 2.20. The van der Waals surface area contributed by atoms with E-state index in [9.17, 15) is 9.59 Å². The van der Waals surface area contributed by atoms with Crippen molar-refractivity contribution in [2.75, 3.05) is 6.54 Å². The van der Waals surface area contributed by atoms with Gasteiger partial charge in [0.25, 0.3) is 0 Å². The molecule has 0 aromatic heterocycles. The number of hydrogen-bond donors (Lipinski definition) is 1. The summed E-state index contributed by atoms with van der Waals surface area (Å²) in [5.41, 5.74) is 0. The number of nitrogens with one attached hydrogen (secondary N) is 1. The van der Waals surface area contributed by atoms with Crippen LogP contribution in [-0.2, 0) is 9.59 Å². The third kappa shape index (κ3) is 2.54. The van der Waals surface area contributed by atoms with Gasteiger partial charge in [-0.05, 0) is 13.3 Å². The first-order chi connectivity index (χ1) is 7.10. The van der Waals surface area contributed by atoms with Crippen LogP contribution < -0.4 is 5.32 Å². The van der Waals surface area contributed by atoms with Crippen LogP contribution >= 0.6 is 0 Å². The molecule has 5 nitrogen and oxygen atoms in total. The second-order valence-corrected chi connectivity index (χ2v) is 3.69. The van der Waals surface area contributed by atoms with Crippen LogP contribution in [0.1, 0.15) is 26.7 Å². The van der Waals surface area contributed by atoms with Crippen LogP contribution in [0.15, 0.2) is 0 Å². The third-order valence-corrected chi connectivity index (χ3v) is 2.73. The van der Waals surface area contributed by atoms with Crippen molar-refractivity contribution < 1.29 is 9.59 Å². The number of amides is 2. The van der Waals surface area contributed by atoms with Gasteiger partial charge in [-0.3, -0.25) is 19.8 Å². The van der Waals surface area contributed by atoms with Gasteiger partial charge in [-0.25, -0.2) is 0 Å².